The van der Waals surface area contributed by atoms with Gasteiger partial charge in [-0.05, 0) is 43.7 Å². The molecule has 0 saturated heterocycles. The first-order valence-corrected chi connectivity index (χ1v) is 9.94. The van der Waals surface area contributed by atoms with Crippen LogP contribution in [0.15, 0.2) is 78.9 Å². The predicted molar refractivity (Wildman–Crippen MR) is 119 cm³/mol. The van der Waals surface area contributed by atoms with Crippen molar-refractivity contribution in [2.24, 2.45) is 0 Å². The van der Waals surface area contributed by atoms with Crippen molar-refractivity contribution in [2.45, 2.75) is 26.5 Å². The Kier molecular flexibility index (Phi) is 7.17. The third-order valence-electron chi connectivity index (χ3n) is 4.66. The van der Waals surface area contributed by atoms with E-state index in [1.165, 1.54) is 6.92 Å². The maximum atomic E-state index is 12.7. The van der Waals surface area contributed by atoms with Crippen molar-refractivity contribution in [1.82, 2.24) is 5.32 Å². The molecule has 3 rings (SSSR count). The minimum absolute atomic E-state index is 0.148. The van der Waals surface area contributed by atoms with E-state index in [0.29, 0.717) is 29.1 Å². The molecule has 6 heteroatoms. The van der Waals surface area contributed by atoms with E-state index in [9.17, 15) is 14.4 Å². The summed E-state index contributed by atoms with van der Waals surface area (Å²) in [6.45, 7) is 3.41. The number of benzene rings is 3. The summed E-state index contributed by atoms with van der Waals surface area (Å²) in [5.41, 5.74) is 2.15. The first-order valence-electron chi connectivity index (χ1n) is 9.94. The molecule has 3 aromatic rings. The first-order chi connectivity index (χ1) is 15.0. The molecule has 0 aliphatic carbocycles. The van der Waals surface area contributed by atoms with Gasteiger partial charge in [0.15, 0.2) is 11.9 Å². The average molecular weight is 416 g/mol. The highest BCUT2D eigenvalue weighted by Gasteiger charge is 2.20. The van der Waals surface area contributed by atoms with Crippen LogP contribution in [0.3, 0.4) is 0 Å². The average Bonchev–Trinajstić information content (AvgIpc) is 2.78. The first kappa shape index (κ1) is 21.8. The van der Waals surface area contributed by atoms with Crippen LogP contribution in [0.5, 0.6) is 5.75 Å². The minimum Gasteiger partial charge on any atom is -0.480 e. The lowest BCUT2D eigenvalue weighted by atomic mass is 10.1. The SMILES string of the molecule is CC(=O)c1ccccc1NC(=O)[C@@H](C)Oc1ccccc1C(=O)NCc1ccccc1. The molecule has 1 atom stereocenters. The molecule has 2 amide bonds. The largest absolute Gasteiger partial charge is 0.480 e. The summed E-state index contributed by atoms with van der Waals surface area (Å²) in [6.07, 6.45) is -0.886. The second-order valence-electron chi connectivity index (χ2n) is 7.02. The van der Waals surface area contributed by atoms with Crippen molar-refractivity contribution in [3.63, 3.8) is 0 Å². The van der Waals surface area contributed by atoms with Crippen LogP contribution in [-0.4, -0.2) is 23.7 Å². The number of ether oxygens (including phenoxy) is 1. The Balaban J connectivity index is 1.68. The van der Waals surface area contributed by atoms with Crippen molar-refractivity contribution in [3.8, 4) is 5.75 Å². The van der Waals surface area contributed by atoms with Crippen LogP contribution in [0.2, 0.25) is 0 Å². The summed E-state index contributed by atoms with van der Waals surface area (Å²) >= 11 is 0. The predicted octanol–water partition coefficient (Wildman–Crippen LogP) is 4.23. The number of carbonyl (C=O) groups is 3. The highest BCUT2D eigenvalue weighted by atomic mass is 16.5. The van der Waals surface area contributed by atoms with Crippen molar-refractivity contribution >= 4 is 23.3 Å². The van der Waals surface area contributed by atoms with Crippen LogP contribution in [0.25, 0.3) is 0 Å². The van der Waals surface area contributed by atoms with Crippen LogP contribution in [-0.2, 0) is 11.3 Å². The topological polar surface area (TPSA) is 84.5 Å². The van der Waals surface area contributed by atoms with E-state index < -0.39 is 12.0 Å². The summed E-state index contributed by atoms with van der Waals surface area (Å²) in [5, 5.41) is 5.58. The fourth-order valence-corrected chi connectivity index (χ4v) is 3.01. The van der Waals surface area contributed by atoms with Crippen LogP contribution in [0, 0.1) is 0 Å². The van der Waals surface area contributed by atoms with Gasteiger partial charge in [-0.25, -0.2) is 0 Å². The highest BCUT2D eigenvalue weighted by molar-refractivity contribution is 6.04. The van der Waals surface area contributed by atoms with Crippen molar-refractivity contribution in [3.05, 3.63) is 95.6 Å². The van der Waals surface area contributed by atoms with Crippen LogP contribution in [0.4, 0.5) is 5.69 Å². The number of amides is 2. The molecule has 3 aromatic carbocycles. The van der Waals surface area contributed by atoms with Gasteiger partial charge in [0.05, 0.1) is 11.3 Å². The maximum absolute atomic E-state index is 12.7. The Morgan fingerprint density at radius 2 is 1.45 bits per heavy atom. The van der Waals surface area contributed by atoms with Crippen molar-refractivity contribution < 1.29 is 19.1 Å². The van der Waals surface area contributed by atoms with Gasteiger partial charge < -0.3 is 15.4 Å². The molecule has 0 heterocycles. The van der Waals surface area contributed by atoms with E-state index in [2.05, 4.69) is 10.6 Å². The molecule has 0 aliphatic rings. The van der Waals surface area contributed by atoms with E-state index in [-0.39, 0.29) is 11.7 Å². The number of carbonyl (C=O) groups excluding carboxylic acids is 3. The van der Waals surface area contributed by atoms with Crippen molar-refractivity contribution in [1.29, 1.82) is 0 Å². The summed E-state index contributed by atoms with van der Waals surface area (Å²) < 4.78 is 5.80. The quantitative estimate of drug-likeness (QED) is 0.539. The van der Waals surface area contributed by atoms with E-state index in [4.69, 9.17) is 4.74 Å². The van der Waals surface area contributed by atoms with Gasteiger partial charge >= 0.3 is 0 Å². The number of ketones is 1. The molecule has 0 aromatic heterocycles. The number of rotatable bonds is 8. The molecule has 0 bridgehead atoms. The Morgan fingerprint density at radius 1 is 0.839 bits per heavy atom. The summed E-state index contributed by atoms with van der Waals surface area (Å²) in [5.74, 6) is -0.567. The smallest absolute Gasteiger partial charge is 0.265 e. The summed E-state index contributed by atoms with van der Waals surface area (Å²) in [7, 11) is 0. The number of hydrogen-bond donors (Lipinski definition) is 2. The lowest BCUT2D eigenvalue weighted by Crippen LogP contribution is -2.31. The van der Waals surface area contributed by atoms with E-state index in [1.807, 2.05) is 30.3 Å². The molecule has 0 aliphatic heterocycles. The van der Waals surface area contributed by atoms with Crippen LogP contribution in [0.1, 0.15) is 40.1 Å². The molecule has 6 nitrogen and oxygen atoms in total. The normalized spacial score (nSPS) is 11.3. The van der Waals surface area contributed by atoms with Gasteiger partial charge in [0.1, 0.15) is 5.75 Å². The van der Waals surface area contributed by atoms with Crippen LogP contribution >= 0.6 is 0 Å². The molecule has 2 N–H and O–H groups in total. The molecule has 0 radical (unpaired) electrons. The highest BCUT2D eigenvalue weighted by Crippen LogP contribution is 2.21. The third-order valence-corrected chi connectivity index (χ3v) is 4.66. The lowest BCUT2D eigenvalue weighted by Gasteiger charge is -2.18. The van der Waals surface area contributed by atoms with E-state index in [1.54, 1.807) is 55.5 Å². The van der Waals surface area contributed by atoms with Gasteiger partial charge in [0.2, 0.25) is 0 Å². The number of para-hydroxylation sites is 2. The van der Waals surface area contributed by atoms with Gasteiger partial charge in [-0.15, -0.1) is 0 Å². The van der Waals surface area contributed by atoms with E-state index in [0.717, 1.165) is 5.56 Å². The Hall–Kier alpha value is -3.93. The van der Waals surface area contributed by atoms with Crippen molar-refractivity contribution in [2.75, 3.05) is 5.32 Å². The Bertz CT molecular complexity index is 1080. The van der Waals surface area contributed by atoms with Crippen LogP contribution < -0.4 is 15.4 Å². The van der Waals surface area contributed by atoms with E-state index >= 15 is 0 Å². The van der Waals surface area contributed by atoms with Gasteiger partial charge in [0, 0.05) is 12.1 Å². The maximum Gasteiger partial charge on any atom is 0.265 e. The van der Waals surface area contributed by atoms with Gasteiger partial charge in [0.25, 0.3) is 11.8 Å². The Labute approximate surface area is 181 Å². The molecular formula is C25H24N2O4. The third kappa shape index (κ3) is 5.79. The second kappa shape index (κ2) is 10.2. The fraction of sp³-hybridized carbons (Fsp3) is 0.160. The van der Waals surface area contributed by atoms with Gasteiger partial charge in [-0.3, -0.25) is 14.4 Å². The lowest BCUT2D eigenvalue weighted by molar-refractivity contribution is -0.122. The zero-order valence-corrected chi connectivity index (χ0v) is 17.4. The molecule has 0 fully saturated rings. The molecule has 0 saturated carbocycles. The molecular weight excluding hydrogens is 392 g/mol. The fourth-order valence-electron chi connectivity index (χ4n) is 3.01. The number of nitrogens with one attached hydrogen (secondary N) is 2. The second-order valence-corrected chi connectivity index (χ2v) is 7.02. The number of anilines is 1. The zero-order chi connectivity index (χ0) is 22.2. The number of hydrogen-bond acceptors (Lipinski definition) is 4. The summed E-state index contributed by atoms with van der Waals surface area (Å²) in [6, 6.07) is 23.1. The standard InChI is InChI=1S/C25H24N2O4/c1-17(28)20-12-6-8-14-22(20)27-24(29)18(2)31-23-15-9-7-13-21(23)25(30)26-16-19-10-4-3-5-11-19/h3-15,18H,16H2,1-2H3,(H,26,30)(H,27,29)/t18-/m1/s1. The molecule has 0 unspecified atom stereocenters. The molecule has 31 heavy (non-hydrogen) atoms. The van der Waals surface area contributed by atoms with Gasteiger partial charge in [-0.2, -0.15) is 0 Å². The Morgan fingerprint density at radius 3 is 2.16 bits per heavy atom. The summed E-state index contributed by atoms with van der Waals surface area (Å²) in [4.78, 5) is 37.1. The monoisotopic (exact) mass is 416 g/mol. The van der Waals surface area contributed by atoms with Gasteiger partial charge in [-0.1, -0.05) is 54.6 Å². The zero-order valence-electron chi connectivity index (χ0n) is 17.4. The molecule has 0 spiro atoms. The minimum atomic E-state index is -0.886. The molecule has 158 valence electrons. The number of Topliss-reactive ketones (excluding diaryl/α,β-unsaturated/α-hetero) is 1.